The highest BCUT2D eigenvalue weighted by Crippen LogP contribution is 2.17. The molecule has 0 aromatic heterocycles. The molecule has 0 saturated carbocycles. The summed E-state index contributed by atoms with van der Waals surface area (Å²) in [6.45, 7) is 1.26. The molecule has 1 heterocycles. The summed E-state index contributed by atoms with van der Waals surface area (Å²) in [6.07, 6.45) is 0.853. The molecule has 0 unspecified atom stereocenters. The Bertz CT molecular complexity index is 396. The minimum Gasteiger partial charge on any atom is -0.504 e. The lowest BCUT2D eigenvalue weighted by Gasteiger charge is -2.09. The monoisotopic (exact) mass is 208 g/mol. The van der Waals surface area contributed by atoms with Gasteiger partial charge < -0.3 is 14.6 Å². The first-order valence-electron chi connectivity index (χ1n) is 4.83. The van der Waals surface area contributed by atoms with Crippen LogP contribution in [0.3, 0.4) is 0 Å². The van der Waals surface area contributed by atoms with Crippen molar-refractivity contribution in [3.8, 4) is 11.5 Å². The van der Waals surface area contributed by atoms with Gasteiger partial charge in [-0.1, -0.05) is 6.07 Å². The van der Waals surface area contributed by atoms with Crippen LogP contribution in [0.2, 0.25) is 0 Å². The maximum Gasteiger partial charge on any atom is 0.220 e. The molecule has 1 atom stereocenters. The van der Waals surface area contributed by atoms with E-state index >= 15 is 0 Å². The van der Waals surface area contributed by atoms with Crippen molar-refractivity contribution >= 4 is 0 Å². The molecule has 80 valence electrons. The van der Waals surface area contributed by atoms with Gasteiger partial charge in [0.1, 0.15) is 11.9 Å². The molecule has 4 nitrogen and oxygen atoms in total. The van der Waals surface area contributed by atoms with Crippen LogP contribution in [0.4, 0.5) is 0 Å². The third-order valence-corrected chi connectivity index (χ3v) is 2.23. The summed E-state index contributed by atoms with van der Waals surface area (Å²) in [7, 11) is 0. The maximum atomic E-state index is 11.1. The molecule has 0 amide bonds. The van der Waals surface area contributed by atoms with E-state index in [1.165, 1.54) is 12.1 Å². The van der Waals surface area contributed by atoms with Crippen molar-refractivity contribution in [1.82, 2.24) is 0 Å². The normalized spacial score (nSPS) is 20.1. The minimum atomic E-state index is -0.410. The Labute approximate surface area is 87.1 Å². The van der Waals surface area contributed by atoms with Gasteiger partial charge >= 0.3 is 0 Å². The number of hydrogen-bond donors (Lipinski definition) is 1. The predicted molar refractivity (Wildman–Crippen MR) is 54.2 cm³/mol. The number of rotatable bonds is 2. The Morgan fingerprint density at radius 3 is 3.07 bits per heavy atom. The molecule has 15 heavy (non-hydrogen) atoms. The number of hydrogen-bond acceptors (Lipinski definition) is 4. The predicted octanol–water partition coefficient (Wildman–Crippen LogP) is 0.920. The van der Waals surface area contributed by atoms with Gasteiger partial charge in [-0.25, -0.2) is 0 Å². The fourth-order valence-corrected chi connectivity index (χ4v) is 1.44. The van der Waals surface area contributed by atoms with Crippen molar-refractivity contribution in [2.75, 3.05) is 13.2 Å². The lowest BCUT2D eigenvalue weighted by Crippen LogP contribution is -2.15. The zero-order chi connectivity index (χ0) is 10.7. The van der Waals surface area contributed by atoms with E-state index in [9.17, 15) is 9.90 Å². The zero-order valence-corrected chi connectivity index (χ0v) is 8.18. The summed E-state index contributed by atoms with van der Waals surface area (Å²) in [6, 6.07) is 5.85. The number of ether oxygens (including phenoxy) is 2. The number of aromatic hydroxyl groups is 1. The van der Waals surface area contributed by atoms with Gasteiger partial charge in [-0.2, -0.15) is 0 Å². The summed E-state index contributed by atoms with van der Waals surface area (Å²) in [5.74, 6) is 0.194. The van der Waals surface area contributed by atoms with E-state index in [2.05, 4.69) is 0 Å². The Hall–Kier alpha value is -1.55. The van der Waals surface area contributed by atoms with E-state index in [0.29, 0.717) is 19.0 Å². The Morgan fingerprint density at radius 1 is 1.47 bits per heavy atom. The smallest absolute Gasteiger partial charge is 0.220 e. The Balaban J connectivity index is 2.18. The van der Waals surface area contributed by atoms with Crippen molar-refractivity contribution in [2.45, 2.75) is 12.5 Å². The molecule has 1 fully saturated rings. The van der Waals surface area contributed by atoms with Crippen LogP contribution in [0.25, 0.3) is 0 Å². The molecular weight excluding hydrogens is 196 g/mol. The first kappa shape index (κ1) is 9.98. The maximum absolute atomic E-state index is 11.1. The highest BCUT2D eigenvalue weighted by Gasteiger charge is 2.17. The quantitative estimate of drug-likeness (QED) is 0.785. The summed E-state index contributed by atoms with van der Waals surface area (Å²) in [4.78, 5) is 11.1. The highest BCUT2D eigenvalue weighted by molar-refractivity contribution is 5.30. The third kappa shape index (κ3) is 2.47. The summed E-state index contributed by atoms with van der Waals surface area (Å²) >= 11 is 0. The molecule has 1 saturated heterocycles. The van der Waals surface area contributed by atoms with Crippen LogP contribution in [0, 0.1) is 0 Å². The summed E-state index contributed by atoms with van der Waals surface area (Å²) in [5, 5.41) is 9.31. The lowest BCUT2D eigenvalue weighted by atomic mass is 10.3. The van der Waals surface area contributed by atoms with Crippen LogP contribution in [0.15, 0.2) is 29.1 Å². The molecular formula is C11H12O4. The largest absolute Gasteiger partial charge is 0.504 e. The van der Waals surface area contributed by atoms with E-state index in [4.69, 9.17) is 9.47 Å². The molecule has 0 spiro atoms. The van der Waals surface area contributed by atoms with Crippen LogP contribution in [0.5, 0.6) is 11.5 Å². The Kier molecular flexibility index (Phi) is 2.87. The van der Waals surface area contributed by atoms with E-state index in [1.807, 2.05) is 0 Å². The van der Waals surface area contributed by atoms with Crippen molar-refractivity contribution < 1.29 is 14.6 Å². The lowest BCUT2D eigenvalue weighted by molar-refractivity contribution is 0.141. The molecule has 1 aliphatic rings. The van der Waals surface area contributed by atoms with Gasteiger partial charge in [-0.3, -0.25) is 4.79 Å². The van der Waals surface area contributed by atoms with Crippen molar-refractivity contribution in [3.05, 3.63) is 34.5 Å². The highest BCUT2D eigenvalue weighted by atomic mass is 16.5. The molecule has 1 aliphatic heterocycles. The standard InChI is InChI=1S/C11H12O4/c12-10-3-1-2-8(6-11(10)13)15-9-4-5-14-7-9/h1-3,6,9H,4-5,7H2,(H,12,13)/t9-/m1/s1. The van der Waals surface area contributed by atoms with Gasteiger partial charge in [0.15, 0.2) is 5.75 Å². The van der Waals surface area contributed by atoms with E-state index in [1.54, 1.807) is 12.1 Å². The summed E-state index contributed by atoms with van der Waals surface area (Å²) in [5.41, 5.74) is -0.410. The molecule has 4 heteroatoms. The van der Waals surface area contributed by atoms with E-state index in [-0.39, 0.29) is 11.9 Å². The Morgan fingerprint density at radius 2 is 2.33 bits per heavy atom. The molecule has 2 rings (SSSR count). The second-order valence-corrected chi connectivity index (χ2v) is 3.43. The topological polar surface area (TPSA) is 55.8 Å². The molecule has 0 aliphatic carbocycles. The van der Waals surface area contributed by atoms with Crippen LogP contribution in [-0.2, 0) is 4.74 Å². The third-order valence-electron chi connectivity index (χ3n) is 2.23. The van der Waals surface area contributed by atoms with Crippen LogP contribution < -0.4 is 10.2 Å². The van der Waals surface area contributed by atoms with Crippen LogP contribution >= 0.6 is 0 Å². The van der Waals surface area contributed by atoms with Crippen LogP contribution in [-0.4, -0.2) is 24.4 Å². The van der Waals surface area contributed by atoms with E-state index < -0.39 is 5.43 Å². The van der Waals surface area contributed by atoms with Gasteiger partial charge in [0, 0.05) is 12.5 Å². The fourth-order valence-electron chi connectivity index (χ4n) is 1.44. The van der Waals surface area contributed by atoms with Crippen molar-refractivity contribution in [3.63, 3.8) is 0 Å². The molecule has 0 bridgehead atoms. The average Bonchev–Trinajstić information content (AvgIpc) is 2.64. The van der Waals surface area contributed by atoms with Crippen molar-refractivity contribution in [1.29, 1.82) is 0 Å². The van der Waals surface area contributed by atoms with Gasteiger partial charge in [0.05, 0.1) is 13.2 Å². The van der Waals surface area contributed by atoms with Crippen LogP contribution in [0.1, 0.15) is 6.42 Å². The zero-order valence-electron chi connectivity index (χ0n) is 8.18. The summed E-state index contributed by atoms with van der Waals surface area (Å²) < 4.78 is 10.7. The first-order valence-corrected chi connectivity index (χ1v) is 4.83. The fraction of sp³-hybridized carbons (Fsp3) is 0.364. The molecule has 1 aromatic rings. The molecule has 0 radical (unpaired) electrons. The van der Waals surface area contributed by atoms with Crippen molar-refractivity contribution in [2.24, 2.45) is 0 Å². The average molecular weight is 208 g/mol. The minimum absolute atomic E-state index is 0.0157. The van der Waals surface area contributed by atoms with Gasteiger partial charge in [-0.05, 0) is 12.1 Å². The second-order valence-electron chi connectivity index (χ2n) is 3.43. The molecule has 1 N–H and O–H groups in total. The SMILES string of the molecule is O=c1cccc(O[C@@H]2CCOC2)cc1O. The first-order chi connectivity index (χ1) is 7.25. The van der Waals surface area contributed by atoms with Gasteiger partial charge in [0.2, 0.25) is 5.43 Å². The second kappa shape index (κ2) is 4.31. The molecule has 1 aromatic carbocycles. The van der Waals surface area contributed by atoms with E-state index in [0.717, 1.165) is 6.42 Å². The van der Waals surface area contributed by atoms with Gasteiger partial charge in [-0.15, -0.1) is 0 Å². The van der Waals surface area contributed by atoms with Gasteiger partial charge in [0.25, 0.3) is 0 Å².